The molecule has 12 heavy (non-hydrogen) atoms. The minimum absolute atomic E-state index is 0.0739. The zero-order chi connectivity index (χ0) is 9.35. The molecule has 4 heteroatoms. The molecule has 0 saturated carbocycles. The van der Waals surface area contributed by atoms with Gasteiger partial charge in [0.2, 0.25) is 5.91 Å². The normalized spacial score (nSPS) is 30.5. The van der Waals surface area contributed by atoms with Crippen LogP contribution < -0.4 is 5.32 Å². The van der Waals surface area contributed by atoms with Crippen LogP contribution in [0.5, 0.6) is 0 Å². The molecule has 0 aromatic rings. The molecule has 0 unspecified atom stereocenters. The Labute approximate surface area is 84.3 Å². The summed E-state index contributed by atoms with van der Waals surface area (Å²) < 4.78 is -0.132. The van der Waals surface area contributed by atoms with Crippen LogP contribution in [0.3, 0.4) is 0 Å². The number of amides is 1. The van der Waals surface area contributed by atoms with E-state index in [0.717, 1.165) is 6.42 Å². The molecule has 1 heterocycles. The molecule has 0 aromatic heterocycles. The summed E-state index contributed by atoms with van der Waals surface area (Å²) in [5.74, 6) is 0.827. The van der Waals surface area contributed by atoms with Crippen LogP contribution in [0, 0.1) is 5.92 Å². The van der Waals surface area contributed by atoms with Gasteiger partial charge in [-0.25, -0.2) is 0 Å². The third kappa shape index (κ3) is 2.10. The molecule has 1 amide bonds. The van der Waals surface area contributed by atoms with Gasteiger partial charge in [0.15, 0.2) is 0 Å². The molecule has 0 aromatic carbocycles. The van der Waals surface area contributed by atoms with E-state index in [4.69, 9.17) is 0 Å². The first-order valence-corrected chi connectivity index (χ1v) is 5.16. The Hall–Kier alpha value is 0.170. The highest BCUT2D eigenvalue weighted by atomic mass is 32.1. The summed E-state index contributed by atoms with van der Waals surface area (Å²) in [5, 5.41) is 2.93. The second kappa shape index (κ2) is 3.50. The summed E-state index contributed by atoms with van der Waals surface area (Å²) >= 11 is 8.56. The van der Waals surface area contributed by atoms with Crippen molar-refractivity contribution in [3.8, 4) is 0 Å². The molecular formula is C8H15NOS2. The maximum absolute atomic E-state index is 11.3. The van der Waals surface area contributed by atoms with Crippen molar-refractivity contribution < 1.29 is 4.79 Å². The van der Waals surface area contributed by atoms with Crippen LogP contribution in [-0.4, -0.2) is 22.4 Å². The van der Waals surface area contributed by atoms with Crippen molar-refractivity contribution in [2.75, 3.05) is 5.75 Å². The molecule has 0 spiro atoms. The predicted octanol–water partition coefficient (Wildman–Crippen LogP) is 1.13. The summed E-state index contributed by atoms with van der Waals surface area (Å²) in [6.45, 7) is 4.03. The van der Waals surface area contributed by atoms with Gasteiger partial charge >= 0.3 is 0 Å². The van der Waals surface area contributed by atoms with Crippen LogP contribution >= 0.6 is 25.3 Å². The summed E-state index contributed by atoms with van der Waals surface area (Å²) in [7, 11) is 0. The molecule has 1 aliphatic rings. The Morgan fingerprint density at radius 1 is 1.67 bits per heavy atom. The quantitative estimate of drug-likeness (QED) is 0.580. The fourth-order valence-corrected chi connectivity index (χ4v) is 1.85. The molecule has 0 aliphatic carbocycles. The average Bonchev–Trinajstić information content (AvgIpc) is 2.29. The third-order valence-electron chi connectivity index (χ3n) is 2.28. The van der Waals surface area contributed by atoms with Gasteiger partial charge in [-0.05, 0) is 20.3 Å². The minimum Gasteiger partial charge on any atom is -0.352 e. The van der Waals surface area contributed by atoms with E-state index in [1.807, 2.05) is 13.8 Å². The Kier molecular flexibility index (Phi) is 2.99. The lowest BCUT2D eigenvalue weighted by atomic mass is 9.98. The van der Waals surface area contributed by atoms with Crippen LogP contribution in [-0.2, 0) is 4.79 Å². The Balaban J connectivity index is 2.60. The first-order valence-electron chi connectivity index (χ1n) is 4.08. The highest BCUT2D eigenvalue weighted by Gasteiger charge is 2.37. The highest BCUT2D eigenvalue weighted by Crippen LogP contribution is 2.28. The molecule has 1 aliphatic heterocycles. The Morgan fingerprint density at radius 3 is 2.50 bits per heavy atom. The van der Waals surface area contributed by atoms with Crippen molar-refractivity contribution in [1.82, 2.24) is 5.32 Å². The topological polar surface area (TPSA) is 29.1 Å². The largest absolute Gasteiger partial charge is 0.352 e. The Morgan fingerprint density at radius 2 is 2.25 bits per heavy atom. The first-order chi connectivity index (χ1) is 5.45. The zero-order valence-electron chi connectivity index (χ0n) is 7.37. The van der Waals surface area contributed by atoms with E-state index in [-0.39, 0.29) is 22.6 Å². The summed E-state index contributed by atoms with van der Waals surface area (Å²) in [6, 6.07) is 0.186. The smallest absolute Gasteiger partial charge is 0.224 e. The number of thiol groups is 2. The van der Waals surface area contributed by atoms with E-state index in [1.165, 1.54) is 0 Å². The van der Waals surface area contributed by atoms with E-state index in [2.05, 4.69) is 30.6 Å². The van der Waals surface area contributed by atoms with Crippen molar-refractivity contribution in [1.29, 1.82) is 0 Å². The van der Waals surface area contributed by atoms with E-state index in [9.17, 15) is 4.79 Å². The lowest BCUT2D eigenvalue weighted by Gasteiger charge is -2.25. The fraction of sp³-hybridized carbons (Fsp3) is 0.875. The lowest BCUT2D eigenvalue weighted by molar-refractivity contribution is -0.122. The number of carbonyl (C=O) groups excluding carboxylic acids is 1. The standard InChI is InChI=1S/C8H15NOS2/c1-8(2,12)6-3-5(4-11)7(10)9-6/h5-6,11-12H,3-4H2,1-2H3,(H,9,10)/t5-,6-/m1/s1. The molecule has 0 radical (unpaired) electrons. The van der Waals surface area contributed by atoms with Gasteiger partial charge in [0, 0.05) is 22.5 Å². The van der Waals surface area contributed by atoms with Crippen molar-refractivity contribution in [3.05, 3.63) is 0 Å². The second-order valence-electron chi connectivity index (χ2n) is 3.83. The minimum atomic E-state index is -0.132. The molecule has 1 fully saturated rings. The average molecular weight is 205 g/mol. The van der Waals surface area contributed by atoms with Crippen LogP contribution in [0.4, 0.5) is 0 Å². The van der Waals surface area contributed by atoms with E-state index < -0.39 is 0 Å². The fourth-order valence-electron chi connectivity index (χ4n) is 1.36. The molecule has 1 N–H and O–H groups in total. The third-order valence-corrected chi connectivity index (χ3v) is 3.03. The zero-order valence-corrected chi connectivity index (χ0v) is 9.16. The van der Waals surface area contributed by atoms with Gasteiger partial charge in [-0.1, -0.05) is 0 Å². The van der Waals surface area contributed by atoms with Crippen molar-refractivity contribution in [3.63, 3.8) is 0 Å². The summed E-state index contributed by atoms with van der Waals surface area (Å²) in [4.78, 5) is 11.3. The summed E-state index contributed by atoms with van der Waals surface area (Å²) in [5.41, 5.74) is 0. The maximum Gasteiger partial charge on any atom is 0.224 e. The predicted molar refractivity (Wildman–Crippen MR) is 57.0 cm³/mol. The lowest BCUT2D eigenvalue weighted by Crippen LogP contribution is -2.40. The SMILES string of the molecule is CC(C)(S)[C@H]1C[C@H](CS)C(=O)N1. The number of rotatable bonds is 2. The monoisotopic (exact) mass is 205 g/mol. The van der Waals surface area contributed by atoms with Gasteiger partial charge in [-0.2, -0.15) is 25.3 Å². The van der Waals surface area contributed by atoms with E-state index in [1.54, 1.807) is 0 Å². The molecular weight excluding hydrogens is 190 g/mol. The van der Waals surface area contributed by atoms with Crippen molar-refractivity contribution >= 4 is 31.2 Å². The second-order valence-corrected chi connectivity index (χ2v) is 5.35. The molecule has 2 nitrogen and oxygen atoms in total. The molecule has 2 atom stereocenters. The number of hydrogen-bond acceptors (Lipinski definition) is 3. The number of carbonyl (C=O) groups is 1. The van der Waals surface area contributed by atoms with Gasteiger partial charge in [-0.3, -0.25) is 4.79 Å². The van der Waals surface area contributed by atoms with Crippen LogP contribution in [0.25, 0.3) is 0 Å². The maximum atomic E-state index is 11.3. The van der Waals surface area contributed by atoms with Crippen molar-refractivity contribution in [2.24, 2.45) is 5.92 Å². The molecule has 1 rings (SSSR count). The van der Waals surface area contributed by atoms with Crippen LogP contribution in [0.15, 0.2) is 0 Å². The van der Waals surface area contributed by atoms with Crippen LogP contribution in [0.1, 0.15) is 20.3 Å². The first kappa shape index (κ1) is 10.3. The van der Waals surface area contributed by atoms with Gasteiger partial charge in [0.05, 0.1) is 0 Å². The summed E-state index contributed by atoms with van der Waals surface area (Å²) in [6.07, 6.45) is 0.860. The van der Waals surface area contributed by atoms with Gasteiger partial charge in [0.25, 0.3) is 0 Å². The number of hydrogen-bond donors (Lipinski definition) is 3. The van der Waals surface area contributed by atoms with Gasteiger partial charge in [-0.15, -0.1) is 0 Å². The van der Waals surface area contributed by atoms with E-state index in [0.29, 0.717) is 5.75 Å². The molecule has 70 valence electrons. The van der Waals surface area contributed by atoms with E-state index >= 15 is 0 Å². The van der Waals surface area contributed by atoms with Gasteiger partial charge in [0.1, 0.15) is 0 Å². The van der Waals surface area contributed by atoms with Crippen molar-refractivity contribution in [2.45, 2.75) is 31.1 Å². The molecule has 0 bridgehead atoms. The molecule has 1 saturated heterocycles. The number of nitrogens with one attached hydrogen (secondary N) is 1. The Bertz CT molecular complexity index is 188. The van der Waals surface area contributed by atoms with Gasteiger partial charge < -0.3 is 5.32 Å². The van der Waals surface area contributed by atoms with Crippen LogP contribution in [0.2, 0.25) is 0 Å². The highest BCUT2D eigenvalue weighted by molar-refractivity contribution is 7.81.